The standard InChI is InChI=1S/C22H28N2O3S/c1-6-15-23-28(26,27)20-13-9-18(10-14-20)21(25)24(5)16-17-7-11-19(12-8-17)22(2,3)4/h6-14,23H,1,15-16H2,2-5H3. The Balaban J connectivity index is 2.08. The molecular weight excluding hydrogens is 372 g/mol. The molecular formula is C22H28N2O3S. The molecule has 0 aliphatic rings. The molecule has 28 heavy (non-hydrogen) atoms. The van der Waals surface area contributed by atoms with Crippen molar-refractivity contribution in [2.75, 3.05) is 13.6 Å². The van der Waals surface area contributed by atoms with E-state index < -0.39 is 10.0 Å². The van der Waals surface area contributed by atoms with Crippen LogP contribution in [0.1, 0.15) is 42.3 Å². The SMILES string of the molecule is C=CCNS(=O)(=O)c1ccc(C(=O)N(C)Cc2ccc(C(C)(C)C)cc2)cc1. The summed E-state index contributed by atoms with van der Waals surface area (Å²) >= 11 is 0. The molecule has 6 heteroatoms. The van der Waals surface area contributed by atoms with E-state index in [1.807, 2.05) is 12.1 Å². The van der Waals surface area contributed by atoms with Crippen LogP contribution in [0.5, 0.6) is 0 Å². The zero-order chi connectivity index (χ0) is 20.9. The first-order chi connectivity index (χ1) is 13.0. The van der Waals surface area contributed by atoms with Crippen LogP contribution in [0.4, 0.5) is 0 Å². The Bertz CT molecular complexity index is 925. The zero-order valence-corrected chi connectivity index (χ0v) is 17.7. The number of benzene rings is 2. The van der Waals surface area contributed by atoms with Crippen molar-refractivity contribution >= 4 is 15.9 Å². The minimum atomic E-state index is -3.60. The fourth-order valence-corrected chi connectivity index (χ4v) is 3.70. The van der Waals surface area contributed by atoms with Crippen molar-refractivity contribution in [3.05, 3.63) is 77.9 Å². The fourth-order valence-electron chi connectivity index (χ4n) is 2.70. The Morgan fingerprint density at radius 3 is 2.14 bits per heavy atom. The number of carbonyl (C=O) groups is 1. The maximum absolute atomic E-state index is 12.7. The van der Waals surface area contributed by atoms with E-state index in [0.717, 1.165) is 5.56 Å². The Kier molecular flexibility index (Phi) is 6.80. The topological polar surface area (TPSA) is 66.5 Å². The molecule has 2 aromatic rings. The van der Waals surface area contributed by atoms with Gasteiger partial charge in [0.25, 0.3) is 5.91 Å². The molecule has 150 valence electrons. The lowest BCUT2D eigenvalue weighted by Gasteiger charge is -2.21. The van der Waals surface area contributed by atoms with Gasteiger partial charge in [0.05, 0.1) is 4.90 Å². The summed E-state index contributed by atoms with van der Waals surface area (Å²) < 4.78 is 26.6. The van der Waals surface area contributed by atoms with Crippen LogP contribution < -0.4 is 4.72 Å². The van der Waals surface area contributed by atoms with E-state index >= 15 is 0 Å². The predicted octanol–water partition coefficient (Wildman–Crippen LogP) is 3.72. The van der Waals surface area contributed by atoms with E-state index in [4.69, 9.17) is 0 Å². The third-order valence-corrected chi connectivity index (χ3v) is 5.86. The quantitative estimate of drug-likeness (QED) is 0.721. The summed E-state index contributed by atoms with van der Waals surface area (Å²) in [5.74, 6) is -0.164. The number of hydrogen-bond acceptors (Lipinski definition) is 3. The Morgan fingerprint density at radius 2 is 1.64 bits per heavy atom. The lowest BCUT2D eigenvalue weighted by atomic mass is 9.87. The van der Waals surface area contributed by atoms with Crippen LogP contribution in [0.15, 0.2) is 66.1 Å². The second kappa shape index (κ2) is 8.71. The molecule has 0 saturated heterocycles. The molecule has 0 radical (unpaired) electrons. The zero-order valence-electron chi connectivity index (χ0n) is 16.9. The van der Waals surface area contributed by atoms with Crippen LogP contribution >= 0.6 is 0 Å². The average Bonchev–Trinajstić information content (AvgIpc) is 2.65. The second-order valence-electron chi connectivity index (χ2n) is 7.77. The first-order valence-electron chi connectivity index (χ1n) is 9.10. The van der Waals surface area contributed by atoms with Gasteiger partial charge >= 0.3 is 0 Å². The van der Waals surface area contributed by atoms with Crippen molar-refractivity contribution in [2.45, 2.75) is 37.6 Å². The molecule has 0 aliphatic carbocycles. The van der Waals surface area contributed by atoms with Gasteiger partial charge in [-0.25, -0.2) is 13.1 Å². The Morgan fingerprint density at radius 1 is 1.07 bits per heavy atom. The van der Waals surface area contributed by atoms with Crippen molar-refractivity contribution < 1.29 is 13.2 Å². The summed E-state index contributed by atoms with van der Waals surface area (Å²) in [5, 5.41) is 0. The van der Waals surface area contributed by atoms with Crippen molar-refractivity contribution in [1.82, 2.24) is 9.62 Å². The average molecular weight is 401 g/mol. The van der Waals surface area contributed by atoms with Gasteiger partial charge in [-0.15, -0.1) is 6.58 Å². The highest BCUT2D eigenvalue weighted by molar-refractivity contribution is 7.89. The number of rotatable bonds is 7. The Labute approximate surface area is 168 Å². The van der Waals surface area contributed by atoms with Gasteiger partial charge in [0, 0.05) is 25.7 Å². The molecule has 0 saturated carbocycles. The summed E-state index contributed by atoms with van der Waals surface area (Å²) in [6.07, 6.45) is 1.47. The van der Waals surface area contributed by atoms with Gasteiger partial charge in [0.15, 0.2) is 0 Å². The van der Waals surface area contributed by atoms with Gasteiger partial charge in [-0.3, -0.25) is 4.79 Å². The van der Waals surface area contributed by atoms with Crippen molar-refractivity contribution in [3.63, 3.8) is 0 Å². The predicted molar refractivity (Wildman–Crippen MR) is 113 cm³/mol. The molecule has 5 nitrogen and oxygen atoms in total. The van der Waals surface area contributed by atoms with Crippen molar-refractivity contribution in [2.24, 2.45) is 0 Å². The third-order valence-electron chi connectivity index (χ3n) is 4.42. The fraction of sp³-hybridized carbons (Fsp3) is 0.318. The molecule has 0 fully saturated rings. The third kappa shape index (κ3) is 5.53. The van der Waals surface area contributed by atoms with Crippen molar-refractivity contribution in [3.8, 4) is 0 Å². The van der Waals surface area contributed by atoms with Gasteiger partial charge in [0.2, 0.25) is 10.0 Å². The monoisotopic (exact) mass is 400 g/mol. The molecule has 0 aromatic heterocycles. The highest BCUT2D eigenvalue weighted by atomic mass is 32.2. The second-order valence-corrected chi connectivity index (χ2v) is 9.54. The molecule has 0 spiro atoms. The van der Waals surface area contributed by atoms with E-state index in [1.165, 1.54) is 35.9 Å². The molecule has 0 heterocycles. The first kappa shape index (κ1) is 21.9. The summed E-state index contributed by atoms with van der Waals surface area (Å²) in [6, 6.07) is 14.2. The van der Waals surface area contributed by atoms with E-state index in [0.29, 0.717) is 12.1 Å². The van der Waals surface area contributed by atoms with E-state index in [2.05, 4.69) is 44.2 Å². The lowest BCUT2D eigenvalue weighted by molar-refractivity contribution is 0.0785. The first-order valence-corrected chi connectivity index (χ1v) is 10.6. The minimum Gasteiger partial charge on any atom is -0.337 e. The molecule has 1 amide bonds. The van der Waals surface area contributed by atoms with Gasteiger partial charge in [-0.2, -0.15) is 0 Å². The molecule has 0 unspecified atom stereocenters. The van der Waals surface area contributed by atoms with Crippen molar-refractivity contribution in [1.29, 1.82) is 0 Å². The maximum Gasteiger partial charge on any atom is 0.253 e. The Hall–Kier alpha value is -2.44. The maximum atomic E-state index is 12.7. The molecule has 0 atom stereocenters. The van der Waals surface area contributed by atoms with Gasteiger partial charge < -0.3 is 4.90 Å². The number of amides is 1. The number of carbonyl (C=O) groups excluding carboxylic acids is 1. The molecule has 2 rings (SSSR count). The summed E-state index contributed by atoms with van der Waals surface area (Å²) in [6.45, 7) is 10.6. The summed E-state index contributed by atoms with van der Waals surface area (Å²) in [7, 11) is -1.86. The minimum absolute atomic E-state index is 0.0862. The van der Waals surface area contributed by atoms with Gasteiger partial charge in [-0.1, -0.05) is 51.1 Å². The smallest absolute Gasteiger partial charge is 0.253 e. The van der Waals surface area contributed by atoms with Gasteiger partial charge in [-0.05, 0) is 40.8 Å². The van der Waals surface area contributed by atoms with Crippen LogP contribution in [0.2, 0.25) is 0 Å². The van der Waals surface area contributed by atoms with E-state index in [9.17, 15) is 13.2 Å². The molecule has 1 N–H and O–H groups in total. The summed E-state index contributed by atoms with van der Waals surface area (Å²) in [4.78, 5) is 14.4. The molecule has 2 aromatic carbocycles. The van der Waals surface area contributed by atoms with Crippen LogP contribution in [0.25, 0.3) is 0 Å². The number of hydrogen-bond donors (Lipinski definition) is 1. The number of nitrogens with zero attached hydrogens (tertiary/aromatic N) is 1. The summed E-state index contributed by atoms with van der Waals surface area (Å²) in [5.41, 5.74) is 2.81. The normalized spacial score (nSPS) is 11.9. The highest BCUT2D eigenvalue weighted by Crippen LogP contribution is 2.22. The van der Waals surface area contributed by atoms with Gasteiger partial charge in [0.1, 0.15) is 0 Å². The van der Waals surface area contributed by atoms with E-state index in [-0.39, 0.29) is 22.8 Å². The van der Waals surface area contributed by atoms with Crippen LogP contribution in [0.3, 0.4) is 0 Å². The lowest BCUT2D eigenvalue weighted by Crippen LogP contribution is -2.26. The largest absolute Gasteiger partial charge is 0.337 e. The highest BCUT2D eigenvalue weighted by Gasteiger charge is 2.17. The number of nitrogens with one attached hydrogen (secondary N) is 1. The van der Waals surface area contributed by atoms with E-state index in [1.54, 1.807) is 11.9 Å². The molecule has 0 aliphatic heterocycles. The van der Waals surface area contributed by atoms with Crippen LogP contribution in [-0.2, 0) is 22.0 Å². The number of sulfonamides is 1. The van der Waals surface area contributed by atoms with Crippen LogP contribution in [-0.4, -0.2) is 32.8 Å². The molecule has 0 bridgehead atoms. The van der Waals surface area contributed by atoms with Crippen LogP contribution in [0, 0.1) is 0 Å².